The summed E-state index contributed by atoms with van der Waals surface area (Å²) in [6.07, 6.45) is 0. The predicted octanol–water partition coefficient (Wildman–Crippen LogP) is 2.28. The Morgan fingerprint density at radius 1 is 1.20 bits per heavy atom. The second-order valence-electron chi connectivity index (χ2n) is 4.45. The largest absolute Gasteiger partial charge is 0.399 e. The second-order valence-corrected chi connectivity index (χ2v) is 4.45. The minimum atomic E-state index is -0.355. The summed E-state index contributed by atoms with van der Waals surface area (Å²) in [4.78, 5) is 12.2. The number of nitrogen functional groups attached to an aromatic ring is 2. The lowest BCUT2D eigenvalue weighted by molar-refractivity contribution is 0.102. The van der Waals surface area contributed by atoms with E-state index in [1.165, 1.54) is 12.1 Å². The molecule has 100 valence electrons. The molecule has 5 heteroatoms. The first-order valence-electron chi connectivity index (χ1n) is 5.98. The van der Waals surface area contributed by atoms with Gasteiger partial charge < -0.3 is 16.8 Å². The third kappa shape index (κ3) is 2.70. The number of nitriles is 1. The van der Waals surface area contributed by atoms with Gasteiger partial charge in [0.15, 0.2) is 0 Å². The molecule has 5 nitrogen and oxygen atoms in total. The Balaban J connectivity index is 2.33. The summed E-state index contributed by atoms with van der Waals surface area (Å²) in [7, 11) is 0. The highest BCUT2D eigenvalue weighted by atomic mass is 16.1. The van der Waals surface area contributed by atoms with E-state index in [2.05, 4.69) is 11.4 Å². The van der Waals surface area contributed by atoms with Crippen molar-refractivity contribution >= 4 is 23.0 Å². The number of benzene rings is 2. The number of carbonyl (C=O) groups is 1. The monoisotopic (exact) mass is 266 g/mol. The van der Waals surface area contributed by atoms with Crippen molar-refractivity contribution in [2.75, 3.05) is 16.8 Å². The quantitative estimate of drug-likeness (QED) is 0.725. The normalized spacial score (nSPS) is 9.80. The van der Waals surface area contributed by atoms with Crippen LogP contribution in [0.25, 0.3) is 0 Å². The molecule has 5 N–H and O–H groups in total. The van der Waals surface area contributed by atoms with Gasteiger partial charge in [0.1, 0.15) is 6.07 Å². The molecule has 0 saturated heterocycles. The molecule has 0 saturated carbocycles. The summed E-state index contributed by atoms with van der Waals surface area (Å²) in [6, 6.07) is 12.0. The van der Waals surface area contributed by atoms with Crippen molar-refractivity contribution in [3.63, 3.8) is 0 Å². The maximum absolute atomic E-state index is 12.2. The van der Waals surface area contributed by atoms with E-state index >= 15 is 0 Å². The van der Waals surface area contributed by atoms with Gasteiger partial charge in [-0.25, -0.2) is 0 Å². The van der Waals surface area contributed by atoms with Crippen LogP contribution in [0.2, 0.25) is 0 Å². The summed E-state index contributed by atoms with van der Waals surface area (Å²) >= 11 is 0. The van der Waals surface area contributed by atoms with E-state index in [1.54, 1.807) is 18.2 Å². The fraction of sp³-hybridized carbons (Fsp3) is 0.0667. The van der Waals surface area contributed by atoms with Gasteiger partial charge in [0.25, 0.3) is 5.91 Å². The van der Waals surface area contributed by atoms with Crippen LogP contribution >= 0.6 is 0 Å². The second kappa shape index (κ2) is 5.33. The van der Waals surface area contributed by atoms with E-state index in [0.717, 1.165) is 5.56 Å². The molecule has 0 radical (unpaired) electrons. The molecule has 2 rings (SSSR count). The highest BCUT2D eigenvalue weighted by Crippen LogP contribution is 2.20. The molecular weight excluding hydrogens is 252 g/mol. The number of hydrogen-bond acceptors (Lipinski definition) is 4. The summed E-state index contributed by atoms with van der Waals surface area (Å²) < 4.78 is 0. The Hall–Kier alpha value is -3.00. The average Bonchev–Trinajstić information content (AvgIpc) is 2.37. The number of nitrogens with zero attached hydrogens (tertiary/aromatic N) is 1. The van der Waals surface area contributed by atoms with Crippen molar-refractivity contribution in [3.05, 3.63) is 53.1 Å². The fourth-order valence-corrected chi connectivity index (χ4v) is 1.92. The van der Waals surface area contributed by atoms with Gasteiger partial charge in [-0.15, -0.1) is 0 Å². The molecule has 0 bridgehead atoms. The number of anilines is 3. The molecule has 0 atom stereocenters. The van der Waals surface area contributed by atoms with Crippen LogP contribution in [0.15, 0.2) is 36.4 Å². The van der Waals surface area contributed by atoms with Crippen molar-refractivity contribution in [1.82, 2.24) is 0 Å². The van der Waals surface area contributed by atoms with Crippen LogP contribution in [0.1, 0.15) is 21.5 Å². The number of amides is 1. The zero-order chi connectivity index (χ0) is 14.7. The van der Waals surface area contributed by atoms with Gasteiger partial charge in [-0.05, 0) is 36.8 Å². The van der Waals surface area contributed by atoms with Crippen LogP contribution in [0.5, 0.6) is 0 Å². The standard InChI is InChI=1S/C15H14N4O/c1-9-3-2-4-14(13(9)8-16)19-15(20)10-5-11(17)7-12(18)6-10/h2-7H,17-18H2,1H3,(H,19,20). The zero-order valence-corrected chi connectivity index (χ0v) is 11.0. The van der Waals surface area contributed by atoms with Gasteiger partial charge >= 0.3 is 0 Å². The van der Waals surface area contributed by atoms with Crippen molar-refractivity contribution in [2.45, 2.75) is 6.92 Å². The molecular formula is C15H14N4O. The number of carbonyl (C=O) groups excluding carboxylic acids is 1. The van der Waals surface area contributed by atoms with Gasteiger partial charge in [-0.2, -0.15) is 5.26 Å². The summed E-state index contributed by atoms with van der Waals surface area (Å²) in [5.74, 6) is -0.355. The van der Waals surface area contributed by atoms with Gasteiger partial charge in [0.05, 0.1) is 11.3 Å². The maximum atomic E-state index is 12.2. The molecule has 0 fully saturated rings. The third-order valence-corrected chi connectivity index (χ3v) is 2.87. The number of nitrogens with two attached hydrogens (primary N) is 2. The van der Waals surface area contributed by atoms with Crippen molar-refractivity contribution in [2.24, 2.45) is 0 Å². The van der Waals surface area contributed by atoms with Crippen LogP contribution in [0.3, 0.4) is 0 Å². The van der Waals surface area contributed by atoms with Crippen LogP contribution in [-0.4, -0.2) is 5.91 Å². The Bertz CT molecular complexity index is 696. The lowest BCUT2D eigenvalue weighted by atomic mass is 10.1. The van der Waals surface area contributed by atoms with Crippen LogP contribution in [0, 0.1) is 18.3 Å². The van der Waals surface area contributed by atoms with E-state index in [0.29, 0.717) is 28.2 Å². The van der Waals surface area contributed by atoms with E-state index in [9.17, 15) is 4.79 Å². The molecule has 0 spiro atoms. The Labute approximate surface area is 116 Å². The van der Waals surface area contributed by atoms with Crippen molar-refractivity contribution < 1.29 is 4.79 Å². The lowest BCUT2D eigenvalue weighted by Gasteiger charge is -2.09. The van der Waals surface area contributed by atoms with Gasteiger partial charge in [0.2, 0.25) is 0 Å². The predicted molar refractivity (Wildman–Crippen MR) is 79.1 cm³/mol. The van der Waals surface area contributed by atoms with Crippen LogP contribution < -0.4 is 16.8 Å². The Kier molecular flexibility index (Phi) is 3.58. The number of aryl methyl sites for hydroxylation is 1. The minimum absolute atomic E-state index is 0.355. The smallest absolute Gasteiger partial charge is 0.255 e. The Morgan fingerprint density at radius 3 is 2.45 bits per heavy atom. The molecule has 2 aromatic rings. The van der Waals surface area contributed by atoms with E-state index in [-0.39, 0.29) is 5.91 Å². The molecule has 20 heavy (non-hydrogen) atoms. The van der Waals surface area contributed by atoms with Gasteiger partial charge in [-0.1, -0.05) is 12.1 Å². The summed E-state index contributed by atoms with van der Waals surface area (Å²) in [6.45, 7) is 1.81. The molecule has 0 aliphatic carbocycles. The lowest BCUT2D eigenvalue weighted by Crippen LogP contribution is -2.14. The number of hydrogen-bond donors (Lipinski definition) is 3. The topological polar surface area (TPSA) is 105 Å². The molecule has 0 aliphatic heterocycles. The van der Waals surface area contributed by atoms with Gasteiger partial charge in [-0.3, -0.25) is 4.79 Å². The SMILES string of the molecule is Cc1cccc(NC(=O)c2cc(N)cc(N)c2)c1C#N. The summed E-state index contributed by atoms with van der Waals surface area (Å²) in [5.41, 5.74) is 14.2. The van der Waals surface area contributed by atoms with E-state index in [4.69, 9.17) is 16.7 Å². The molecule has 0 heterocycles. The number of rotatable bonds is 2. The summed E-state index contributed by atoms with van der Waals surface area (Å²) in [5, 5.41) is 11.8. The first kappa shape index (κ1) is 13.4. The van der Waals surface area contributed by atoms with E-state index < -0.39 is 0 Å². The molecule has 0 aromatic heterocycles. The first-order valence-corrected chi connectivity index (χ1v) is 5.98. The zero-order valence-electron chi connectivity index (χ0n) is 11.0. The molecule has 0 aliphatic rings. The molecule has 1 amide bonds. The van der Waals surface area contributed by atoms with Crippen LogP contribution in [0.4, 0.5) is 17.1 Å². The minimum Gasteiger partial charge on any atom is -0.399 e. The maximum Gasteiger partial charge on any atom is 0.255 e. The highest BCUT2D eigenvalue weighted by Gasteiger charge is 2.11. The highest BCUT2D eigenvalue weighted by molar-refractivity contribution is 6.06. The van der Waals surface area contributed by atoms with Crippen molar-refractivity contribution in [1.29, 1.82) is 5.26 Å². The first-order chi connectivity index (χ1) is 9.51. The fourth-order valence-electron chi connectivity index (χ4n) is 1.92. The average molecular weight is 266 g/mol. The van der Waals surface area contributed by atoms with Gasteiger partial charge in [0, 0.05) is 16.9 Å². The number of nitrogens with one attached hydrogen (secondary N) is 1. The van der Waals surface area contributed by atoms with E-state index in [1.807, 2.05) is 13.0 Å². The van der Waals surface area contributed by atoms with Crippen molar-refractivity contribution in [3.8, 4) is 6.07 Å². The Morgan fingerprint density at radius 2 is 1.85 bits per heavy atom. The molecule has 0 unspecified atom stereocenters. The molecule has 2 aromatic carbocycles. The third-order valence-electron chi connectivity index (χ3n) is 2.87. The van der Waals surface area contributed by atoms with Crippen LogP contribution in [-0.2, 0) is 0 Å².